The zero-order valence-electron chi connectivity index (χ0n) is 19.4. The number of Topliss-reactive ketones (excluding diaryl/α,β-unsaturated/α-hetero) is 1. The van der Waals surface area contributed by atoms with E-state index >= 15 is 0 Å². The number of benzene rings is 1. The number of rotatable bonds is 3. The molecule has 31 heavy (non-hydrogen) atoms. The van der Waals surface area contributed by atoms with Crippen LogP contribution in [0.5, 0.6) is 0 Å². The number of hydrogen-bond donors (Lipinski definition) is 0. The topological polar surface area (TPSA) is 37.4 Å². The summed E-state index contributed by atoms with van der Waals surface area (Å²) in [5, 5.41) is 0. The van der Waals surface area contributed by atoms with Gasteiger partial charge < -0.3 is 4.90 Å². The molecule has 0 aliphatic heterocycles. The highest BCUT2D eigenvalue weighted by atomic mass is 16.1. The first kappa shape index (κ1) is 20.7. The fraction of sp³-hybridized carbons (Fsp3) is 0.571. The smallest absolute Gasteiger partial charge is 0.156 e. The number of carbonyl (C=O) groups excluding carboxylic acids is 2. The number of anilines is 1. The Kier molecular flexibility index (Phi) is 4.99. The number of hydrogen-bond acceptors (Lipinski definition) is 3. The van der Waals surface area contributed by atoms with Crippen LogP contribution in [0.4, 0.5) is 5.69 Å². The predicted octanol–water partition coefficient (Wildman–Crippen LogP) is 5.86. The molecule has 164 valence electrons. The van der Waals surface area contributed by atoms with Crippen molar-refractivity contribution in [2.24, 2.45) is 23.2 Å². The van der Waals surface area contributed by atoms with Crippen molar-refractivity contribution >= 4 is 17.3 Å². The fourth-order valence-corrected chi connectivity index (χ4v) is 7.63. The quantitative estimate of drug-likeness (QED) is 0.618. The molecule has 1 aromatic carbocycles. The molecule has 0 N–H and O–H groups in total. The average Bonchev–Trinajstić information content (AvgIpc) is 3.10. The maximum atomic E-state index is 12.6. The van der Waals surface area contributed by atoms with Gasteiger partial charge in [-0.2, -0.15) is 0 Å². The minimum atomic E-state index is 0.0805. The molecule has 3 heteroatoms. The van der Waals surface area contributed by atoms with Crippen molar-refractivity contribution in [3.63, 3.8) is 0 Å². The third-order valence-corrected chi connectivity index (χ3v) is 9.03. The molecule has 0 aromatic heterocycles. The lowest BCUT2D eigenvalue weighted by Crippen LogP contribution is -2.44. The molecule has 0 radical (unpaired) electrons. The van der Waals surface area contributed by atoms with Crippen LogP contribution in [-0.4, -0.2) is 25.7 Å². The van der Waals surface area contributed by atoms with Crippen LogP contribution in [0, 0.1) is 23.2 Å². The summed E-state index contributed by atoms with van der Waals surface area (Å²) in [4.78, 5) is 26.9. The molecule has 0 spiro atoms. The van der Waals surface area contributed by atoms with E-state index in [1.54, 1.807) is 5.57 Å². The average molecular weight is 418 g/mol. The normalized spacial score (nSPS) is 34.6. The first-order chi connectivity index (χ1) is 14.8. The van der Waals surface area contributed by atoms with Crippen LogP contribution in [0.3, 0.4) is 0 Å². The van der Waals surface area contributed by atoms with E-state index in [1.807, 2.05) is 13.0 Å². The van der Waals surface area contributed by atoms with E-state index in [1.165, 1.54) is 28.8 Å². The molecular weight excluding hydrogens is 382 g/mol. The van der Waals surface area contributed by atoms with E-state index in [0.717, 1.165) is 32.1 Å². The van der Waals surface area contributed by atoms with Gasteiger partial charge in [-0.3, -0.25) is 9.59 Å². The van der Waals surface area contributed by atoms with E-state index in [4.69, 9.17) is 0 Å². The maximum absolute atomic E-state index is 12.6. The van der Waals surface area contributed by atoms with E-state index < -0.39 is 0 Å². The van der Waals surface area contributed by atoms with Crippen LogP contribution < -0.4 is 4.90 Å². The Bertz CT molecular complexity index is 983. The minimum Gasteiger partial charge on any atom is -0.378 e. The van der Waals surface area contributed by atoms with Crippen LogP contribution in [0.1, 0.15) is 70.3 Å². The Morgan fingerprint density at radius 2 is 1.77 bits per heavy atom. The molecular formula is C28H35NO2. The van der Waals surface area contributed by atoms with Gasteiger partial charge in [-0.05, 0) is 97.6 Å². The maximum Gasteiger partial charge on any atom is 0.156 e. The fourth-order valence-electron chi connectivity index (χ4n) is 7.63. The largest absolute Gasteiger partial charge is 0.378 e. The van der Waals surface area contributed by atoms with E-state index in [9.17, 15) is 9.59 Å². The van der Waals surface area contributed by atoms with Crippen molar-refractivity contribution in [1.82, 2.24) is 0 Å². The highest BCUT2D eigenvalue weighted by molar-refractivity contribution is 5.93. The third kappa shape index (κ3) is 3.23. The lowest BCUT2D eigenvalue weighted by atomic mass is 9.51. The summed E-state index contributed by atoms with van der Waals surface area (Å²) in [5.74, 6) is 2.37. The third-order valence-electron chi connectivity index (χ3n) is 9.03. The molecule has 3 nitrogen and oxygen atoms in total. The highest BCUT2D eigenvalue weighted by Gasteiger charge is 2.57. The van der Waals surface area contributed by atoms with E-state index in [0.29, 0.717) is 35.7 Å². The Hall–Kier alpha value is -2.16. The second-order valence-electron chi connectivity index (χ2n) is 10.8. The van der Waals surface area contributed by atoms with Gasteiger partial charge in [-0.15, -0.1) is 0 Å². The van der Waals surface area contributed by atoms with Crippen LogP contribution in [0.15, 0.2) is 47.1 Å². The van der Waals surface area contributed by atoms with Gasteiger partial charge >= 0.3 is 0 Å². The van der Waals surface area contributed by atoms with Crippen molar-refractivity contribution in [3.05, 3.63) is 52.6 Å². The van der Waals surface area contributed by atoms with Crippen LogP contribution in [0.25, 0.3) is 0 Å². The van der Waals surface area contributed by atoms with Gasteiger partial charge in [-0.25, -0.2) is 0 Å². The number of fused-ring (bicyclic) bond motifs is 4. The van der Waals surface area contributed by atoms with E-state index in [-0.39, 0.29) is 11.3 Å². The van der Waals surface area contributed by atoms with Gasteiger partial charge in [0.25, 0.3) is 0 Å². The molecule has 4 aliphatic rings. The minimum absolute atomic E-state index is 0.0805. The summed E-state index contributed by atoms with van der Waals surface area (Å²) in [6, 6.07) is 9.06. The zero-order valence-corrected chi connectivity index (χ0v) is 19.4. The summed E-state index contributed by atoms with van der Waals surface area (Å²) in [7, 11) is 4.16. The first-order valence-corrected chi connectivity index (χ1v) is 12.0. The van der Waals surface area contributed by atoms with Crippen molar-refractivity contribution in [3.8, 4) is 0 Å². The number of allylic oxidation sites excluding steroid dienone is 4. The van der Waals surface area contributed by atoms with Crippen molar-refractivity contribution < 1.29 is 9.59 Å². The highest BCUT2D eigenvalue weighted by Crippen LogP contribution is 2.65. The first-order valence-electron chi connectivity index (χ1n) is 12.0. The second kappa shape index (κ2) is 7.46. The molecule has 1 aromatic rings. The van der Waals surface area contributed by atoms with Gasteiger partial charge in [0.15, 0.2) is 5.78 Å². The molecule has 5 rings (SSSR count). The standard InChI is InChI=1S/C28H35NO2/c1-17(30)25-13-14-26-23-11-7-19-15-21(31)10-12-22(19)27(23)24(16-28(25,26)2)18-5-8-20(9-6-18)29(3)4/h5-6,8-9,15,23-26H,7,10-14,16H2,1-4H3/t23?,24-,25-,26?,28-/m1/s1. The predicted molar refractivity (Wildman–Crippen MR) is 125 cm³/mol. The zero-order chi connectivity index (χ0) is 21.9. The lowest BCUT2D eigenvalue weighted by Gasteiger charge is -2.52. The Labute approximate surface area is 186 Å². The van der Waals surface area contributed by atoms with Crippen LogP contribution in [-0.2, 0) is 9.59 Å². The summed E-state index contributed by atoms with van der Waals surface area (Å²) < 4.78 is 0. The van der Waals surface area contributed by atoms with Gasteiger partial charge in [0.2, 0.25) is 0 Å². The van der Waals surface area contributed by atoms with E-state index in [2.05, 4.69) is 50.2 Å². The second-order valence-corrected chi connectivity index (χ2v) is 10.8. The van der Waals surface area contributed by atoms with Gasteiger partial charge in [0.05, 0.1) is 0 Å². The van der Waals surface area contributed by atoms with Gasteiger partial charge in [-0.1, -0.05) is 24.6 Å². The van der Waals surface area contributed by atoms with Crippen LogP contribution in [0.2, 0.25) is 0 Å². The number of carbonyl (C=O) groups is 2. The van der Waals surface area contributed by atoms with Crippen molar-refractivity contribution in [1.29, 1.82) is 0 Å². The van der Waals surface area contributed by atoms with Crippen LogP contribution >= 0.6 is 0 Å². The Balaban J connectivity index is 1.65. The van der Waals surface area contributed by atoms with Gasteiger partial charge in [0.1, 0.15) is 5.78 Å². The Morgan fingerprint density at radius 3 is 2.45 bits per heavy atom. The molecule has 5 atom stereocenters. The molecule has 2 saturated carbocycles. The SMILES string of the molecule is CC(=O)[C@H]1CCC2C3CCC4=CC(=O)CCC4=C3[C@@H](c3ccc(N(C)C)cc3)C[C@@]21C. The number of ketones is 2. The summed E-state index contributed by atoms with van der Waals surface area (Å²) in [5.41, 5.74) is 7.09. The van der Waals surface area contributed by atoms with Gasteiger partial charge in [0, 0.05) is 38.0 Å². The molecule has 0 heterocycles. The lowest BCUT2D eigenvalue weighted by molar-refractivity contribution is -0.125. The molecule has 2 unspecified atom stereocenters. The molecule has 4 aliphatic carbocycles. The monoisotopic (exact) mass is 417 g/mol. The van der Waals surface area contributed by atoms with Crippen molar-refractivity contribution in [2.75, 3.05) is 19.0 Å². The molecule has 0 saturated heterocycles. The van der Waals surface area contributed by atoms with Crippen molar-refractivity contribution in [2.45, 2.75) is 64.7 Å². The Morgan fingerprint density at radius 1 is 1.03 bits per heavy atom. The molecule has 0 bridgehead atoms. The summed E-state index contributed by atoms with van der Waals surface area (Å²) in [6.45, 7) is 4.22. The summed E-state index contributed by atoms with van der Waals surface area (Å²) >= 11 is 0. The molecule has 2 fully saturated rings. The summed E-state index contributed by atoms with van der Waals surface area (Å²) in [6.07, 6.45) is 8.93. The number of nitrogens with zero attached hydrogens (tertiary/aromatic N) is 1. The molecule has 0 amide bonds.